The Labute approximate surface area is 158 Å². The highest BCUT2D eigenvalue weighted by molar-refractivity contribution is 5.76. The molecule has 144 valence electrons. The number of nitrogens with zero attached hydrogens (tertiary/aromatic N) is 3. The fraction of sp³-hybridized carbons (Fsp3) is 0.550. The molecule has 0 spiro atoms. The number of carbonyl (C=O) groups is 1. The van der Waals surface area contributed by atoms with Crippen LogP contribution in [0.4, 0.5) is 0 Å². The van der Waals surface area contributed by atoms with Gasteiger partial charge >= 0.3 is 0 Å². The van der Waals surface area contributed by atoms with Crippen LogP contribution in [0, 0.1) is 0 Å². The van der Waals surface area contributed by atoms with Crippen LogP contribution in [0.1, 0.15) is 56.2 Å². The van der Waals surface area contributed by atoms with E-state index in [1.54, 1.807) is 0 Å². The molecule has 2 aromatic rings. The molecule has 1 amide bonds. The number of aromatic nitrogens is 2. The van der Waals surface area contributed by atoms with Crippen LogP contribution in [-0.4, -0.2) is 40.6 Å². The predicted molar refractivity (Wildman–Crippen MR) is 99.1 cm³/mol. The molecule has 1 saturated heterocycles. The van der Waals surface area contributed by atoms with Crippen LogP contribution in [-0.2, 0) is 10.3 Å². The third-order valence-corrected chi connectivity index (χ3v) is 5.58. The van der Waals surface area contributed by atoms with Crippen molar-refractivity contribution in [1.29, 1.82) is 0 Å². The normalized spacial score (nSPS) is 21.5. The second-order valence-corrected chi connectivity index (χ2v) is 7.56. The van der Waals surface area contributed by atoms with Crippen molar-refractivity contribution >= 4 is 5.91 Å². The van der Waals surface area contributed by atoms with E-state index in [2.05, 4.69) is 10.1 Å². The van der Waals surface area contributed by atoms with Gasteiger partial charge in [-0.1, -0.05) is 23.4 Å². The molecule has 1 aliphatic carbocycles. The average molecular weight is 370 g/mol. The number of benzene rings is 1. The van der Waals surface area contributed by atoms with Gasteiger partial charge in [-0.25, -0.2) is 0 Å². The van der Waals surface area contributed by atoms with Crippen molar-refractivity contribution in [2.24, 2.45) is 5.73 Å². The zero-order chi connectivity index (χ0) is 18.7. The van der Waals surface area contributed by atoms with Crippen LogP contribution in [0.25, 0.3) is 0 Å². The summed E-state index contributed by atoms with van der Waals surface area (Å²) in [5.74, 6) is 2.20. The molecule has 1 aliphatic heterocycles. The third-order valence-electron chi connectivity index (χ3n) is 5.58. The number of carbonyl (C=O) groups excluding carboxylic acids is 1. The Morgan fingerprint density at radius 2 is 2.11 bits per heavy atom. The predicted octanol–water partition coefficient (Wildman–Crippen LogP) is 2.58. The highest BCUT2D eigenvalue weighted by Crippen LogP contribution is 2.38. The van der Waals surface area contributed by atoms with E-state index in [0.29, 0.717) is 31.3 Å². The monoisotopic (exact) mass is 370 g/mol. The van der Waals surface area contributed by atoms with Gasteiger partial charge in [-0.05, 0) is 44.2 Å². The van der Waals surface area contributed by atoms with Crippen molar-refractivity contribution in [1.82, 2.24) is 15.0 Å². The number of ether oxygens (including phenoxy) is 1. The van der Waals surface area contributed by atoms with E-state index in [1.807, 2.05) is 35.2 Å². The van der Waals surface area contributed by atoms with Gasteiger partial charge in [0.15, 0.2) is 5.82 Å². The summed E-state index contributed by atoms with van der Waals surface area (Å²) in [4.78, 5) is 19.0. The van der Waals surface area contributed by atoms with Gasteiger partial charge in [-0.3, -0.25) is 4.79 Å². The maximum absolute atomic E-state index is 12.5. The number of hydrogen-bond acceptors (Lipinski definition) is 6. The van der Waals surface area contributed by atoms with Crippen molar-refractivity contribution in [3.8, 4) is 5.75 Å². The maximum atomic E-state index is 12.5. The summed E-state index contributed by atoms with van der Waals surface area (Å²) in [6.45, 7) is 1.76. The molecule has 1 aromatic heterocycles. The first-order chi connectivity index (χ1) is 13.1. The summed E-state index contributed by atoms with van der Waals surface area (Å²) in [7, 11) is 0. The van der Waals surface area contributed by atoms with Crippen LogP contribution >= 0.6 is 0 Å². The number of amides is 1. The Morgan fingerprint density at radius 1 is 1.30 bits per heavy atom. The summed E-state index contributed by atoms with van der Waals surface area (Å²) in [5.41, 5.74) is 5.87. The van der Waals surface area contributed by atoms with Gasteiger partial charge in [-0.2, -0.15) is 4.98 Å². The first kappa shape index (κ1) is 18.0. The summed E-state index contributed by atoms with van der Waals surface area (Å²) in [6, 6.07) is 9.55. The zero-order valence-electron chi connectivity index (χ0n) is 15.5. The van der Waals surface area contributed by atoms with Crippen LogP contribution < -0.4 is 10.5 Å². The molecule has 1 saturated carbocycles. The molecule has 0 bridgehead atoms. The maximum Gasteiger partial charge on any atom is 0.231 e. The summed E-state index contributed by atoms with van der Waals surface area (Å²) in [5, 5.41) is 4.10. The summed E-state index contributed by atoms with van der Waals surface area (Å²) in [6.07, 6.45) is 5.16. The van der Waals surface area contributed by atoms with E-state index in [1.165, 1.54) is 0 Å². The molecule has 4 rings (SSSR count). The van der Waals surface area contributed by atoms with Gasteiger partial charge in [0, 0.05) is 13.1 Å². The Balaban J connectivity index is 1.30. The molecule has 7 heteroatoms. The van der Waals surface area contributed by atoms with Gasteiger partial charge in [0.1, 0.15) is 5.75 Å². The number of para-hydroxylation sites is 1. The van der Waals surface area contributed by atoms with E-state index in [0.717, 1.165) is 44.4 Å². The minimum absolute atomic E-state index is 0.0858. The Bertz CT molecular complexity index is 773. The van der Waals surface area contributed by atoms with Crippen LogP contribution in [0.2, 0.25) is 0 Å². The van der Waals surface area contributed by atoms with Gasteiger partial charge in [0.25, 0.3) is 0 Å². The Hall–Kier alpha value is -2.41. The smallest absolute Gasteiger partial charge is 0.231 e. The Kier molecular flexibility index (Phi) is 5.11. The van der Waals surface area contributed by atoms with Gasteiger partial charge in [-0.15, -0.1) is 0 Å². The molecule has 2 aliphatic rings. The van der Waals surface area contributed by atoms with Crippen molar-refractivity contribution in [3.63, 3.8) is 0 Å². The lowest BCUT2D eigenvalue weighted by atomic mass is 9.77. The fourth-order valence-corrected chi connectivity index (χ4v) is 3.72. The molecule has 1 atom stereocenters. The fourth-order valence-electron chi connectivity index (χ4n) is 3.72. The van der Waals surface area contributed by atoms with Crippen molar-refractivity contribution in [2.45, 2.75) is 50.0 Å². The first-order valence-electron chi connectivity index (χ1n) is 9.73. The quantitative estimate of drug-likeness (QED) is 0.840. The molecule has 2 heterocycles. The van der Waals surface area contributed by atoms with Crippen LogP contribution in [0.3, 0.4) is 0 Å². The summed E-state index contributed by atoms with van der Waals surface area (Å²) >= 11 is 0. The van der Waals surface area contributed by atoms with E-state index < -0.39 is 5.54 Å². The van der Waals surface area contributed by atoms with E-state index in [4.69, 9.17) is 15.0 Å². The van der Waals surface area contributed by atoms with Crippen LogP contribution in [0.15, 0.2) is 34.9 Å². The molecule has 1 aromatic carbocycles. The zero-order valence-corrected chi connectivity index (χ0v) is 15.5. The third kappa shape index (κ3) is 3.98. The lowest BCUT2D eigenvalue weighted by Gasteiger charge is -2.34. The topological polar surface area (TPSA) is 94.5 Å². The van der Waals surface area contributed by atoms with Gasteiger partial charge < -0.3 is 19.9 Å². The highest BCUT2D eigenvalue weighted by atomic mass is 16.5. The molecular weight excluding hydrogens is 344 g/mol. The largest absolute Gasteiger partial charge is 0.493 e. The van der Waals surface area contributed by atoms with Crippen molar-refractivity contribution in [2.75, 3.05) is 19.7 Å². The lowest BCUT2D eigenvalue weighted by Crippen LogP contribution is -2.44. The minimum Gasteiger partial charge on any atom is -0.493 e. The van der Waals surface area contributed by atoms with Gasteiger partial charge in [0.05, 0.1) is 24.5 Å². The number of rotatable bonds is 6. The standard InChI is InChI=1S/C20H26N4O3/c21-20(10-5-11-20)19-22-18(27-23-19)15-6-4-12-24(14-15)17(25)9-13-26-16-7-2-1-3-8-16/h1-3,7-8,15H,4-6,9-14,21H2. The molecule has 0 radical (unpaired) electrons. The number of likely N-dealkylation sites (tertiary alicyclic amines) is 1. The van der Waals surface area contributed by atoms with Crippen molar-refractivity contribution < 1.29 is 14.1 Å². The lowest BCUT2D eigenvalue weighted by molar-refractivity contribution is -0.133. The minimum atomic E-state index is -0.416. The van der Waals surface area contributed by atoms with Crippen molar-refractivity contribution in [3.05, 3.63) is 42.0 Å². The second kappa shape index (κ2) is 7.68. The second-order valence-electron chi connectivity index (χ2n) is 7.56. The Morgan fingerprint density at radius 3 is 2.85 bits per heavy atom. The van der Waals surface area contributed by atoms with Gasteiger partial charge in [0.2, 0.25) is 11.8 Å². The molecular formula is C20H26N4O3. The molecule has 7 nitrogen and oxygen atoms in total. The molecule has 1 unspecified atom stereocenters. The van der Waals surface area contributed by atoms with E-state index >= 15 is 0 Å². The average Bonchev–Trinajstić information content (AvgIpc) is 3.17. The molecule has 27 heavy (non-hydrogen) atoms. The van der Waals surface area contributed by atoms with E-state index in [9.17, 15) is 4.79 Å². The SMILES string of the molecule is NC1(c2noc(C3CCCN(C(=O)CCOc4ccccc4)C3)n2)CCC1. The first-order valence-corrected chi connectivity index (χ1v) is 9.73. The number of piperidine rings is 1. The summed E-state index contributed by atoms with van der Waals surface area (Å²) < 4.78 is 11.1. The van der Waals surface area contributed by atoms with E-state index in [-0.39, 0.29) is 11.8 Å². The molecule has 2 fully saturated rings. The molecule has 2 N–H and O–H groups in total. The number of nitrogens with two attached hydrogens (primary N) is 1. The number of hydrogen-bond donors (Lipinski definition) is 1. The van der Waals surface area contributed by atoms with Crippen LogP contribution in [0.5, 0.6) is 5.75 Å². The highest BCUT2D eigenvalue weighted by Gasteiger charge is 2.40.